The maximum absolute atomic E-state index is 11.6. The minimum absolute atomic E-state index is 0.241. The summed E-state index contributed by atoms with van der Waals surface area (Å²) in [6.07, 6.45) is 6.05. The number of nitrogens with two attached hydrogens (primary N) is 1. The van der Waals surface area contributed by atoms with Crippen LogP contribution in [0.5, 0.6) is 0 Å². The molecule has 2 fully saturated rings. The van der Waals surface area contributed by atoms with Crippen molar-refractivity contribution in [1.82, 2.24) is 4.90 Å². The normalized spacial score (nSPS) is 26.9. The molecule has 2 aliphatic rings. The van der Waals surface area contributed by atoms with Crippen LogP contribution in [0.2, 0.25) is 0 Å². The average molecular weight is 226 g/mol. The Hall–Kier alpha value is -0.610. The Bertz CT molecular complexity index is 239. The molecule has 0 spiro atoms. The molecule has 1 atom stereocenters. The van der Waals surface area contributed by atoms with Gasteiger partial charge in [-0.15, -0.1) is 0 Å². The molecule has 1 aliphatic heterocycles. The van der Waals surface area contributed by atoms with Crippen molar-refractivity contribution in [3.8, 4) is 0 Å². The SMILES string of the molecule is NC[C@@H]1CC(=O)N(CCOC2CCCC2)C1. The average Bonchev–Trinajstić information content (AvgIpc) is 2.89. The van der Waals surface area contributed by atoms with Crippen LogP contribution in [-0.2, 0) is 9.53 Å². The van der Waals surface area contributed by atoms with Gasteiger partial charge in [-0.3, -0.25) is 4.79 Å². The number of nitrogens with zero attached hydrogens (tertiary/aromatic N) is 1. The van der Waals surface area contributed by atoms with Crippen molar-refractivity contribution in [3.63, 3.8) is 0 Å². The van der Waals surface area contributed by atoms with Crippen LogP contribution in [0.1, 0.15) is 32.1 Å². The van der Waals surface area contributed by atoms with Gasteiger partial charge in [-0.1, -0.05) is 12.8 Å². The molecule has 92 valence electrons. The fraction of sp³-hybridized carbons (Fsp3) is 0.917. The van der Waals surface area contributed by atoms with Gasteiger partial charge in [0.05, 0.1) is 12.7 Å². The van der Waals surface area contributed by atoms with Crippen molar-refractivity contribution < 1.29 is 9.53 Å². The van der Waals surface area contributed by atoms with E-state index in [1.165, 1.54) is 25.7 Å². The summed E-state index contributed by atoms with van der Waals surface area (Å²) in [4.78, 5) is 13.5. The number of rotatable bonds is 5. The van der Waals surface area contributed by atoms with Gasteiger partial charge in [-0.05, 0) is 25.3 Å². The maximum Gasteiger partial charge on any atom is 0.223 e. The Morgan fingerprint density at radius 3 is 2.75 bits per heavy atom. The van der Waals surface area contributed by atoms with Gasteiger partial charge in [0.2, 0.25) is 5.91 Å². The first-order valence-electron chi connectivity index (χ1n) is 6.39. The van der Waals surface area contributed by atoms with Gasteiger partial charge in [0.15, 0.2) is 0 Å². The summed E-state index contributed by atoms with van der Waals surface area (Å²) in [5.41, 5.74) is 5.58. The summed E-state index contributed by atoms with van der Waals surface area (Å²) in [6.45, 7) is 2.87. The lowest BCUT2D eigenvalue weighted by Gasteiger charge is -2.18. The highest BCUT2D eigenvalue weighted by atomic mass is 16.5. The number of hydrogen-bond donors (Lipinski definition) is 1. The molecule has 0 aromatic heterocycles. The molecule has 0 bridgehead atoms. The van der Waals surface area contributed by atoms with E-state index in [2.05, 4.69) is 0 Å². The Morgan fingerprint density at radius 1 is 1.38 bits per heavy atom. The van der Waals surface area contributed by atoms with Crippen LogP contribution in [-0.4, -0.2) is 43.2 Å². The molecule has 0 aromatic carbocycles. The molecule has 1 saturated carbocycles. The molecular weight excluding hydrogens is 204 g/mol. The molecule has 0 radical (unpaired) electrons. The standard InChI is InChI=1S/C12H22N2O2/c13-8-10-7-12(15)14(9-10)5-6-16-11-3-1-2-4-11/h10-11H,1-9,13H2/t10-/m0/s1. The van der Waals surface area contributed by atoms with Crippen LogP contribution in [0.4, 0.5) is 0 Å². The van der Waals surface area contributed by atoms with Gasteiger partial charge in [0.25, 0.3) is 0 Å². The zero-order chi connectivity index (χ0) is 11.4. The molecule has 2 N–H and O–H groups in total. The number of likely N-dealkylation sites (tertiary alicyclic amines) is 1. The third-order valence-electron chi connectivity index (χ3n) is 3.64. The fourth-order valence-corrected chi connectivity index (χ4v) is 2.61. The predicted octanol–water partition coefficient (Wildman–Crippen LogP) is 0.753. The quantitative estimate of drug-likeness (QED) is 0.752. The first-order chi connectivity index (χ1) is 7.79. The van der Waals surface area contributed by atoms with Crippen molar-refractivity contribution in [2.24, 2.45) is 11.7 Å². The zero-order valence-corrected chi connectivity index (χ0v) is 9.86. The van der Waals surface area contributed by atoms with E-state index >= 15 is 0 Å². The minimum atomic E-state index is 0.241. The molecule has 0 aromatic rings. The van der Waals surface area contributed by atoms with E-state index in [1.807, 2.05) is 4.90 Å². The largest absolute Gasteiger partial charge is 0.376 e. The van der Waals surface area contributed by atoms with Gasteiger partial charge in [-0.25, -0.2) is 0 Å². The number of carbonyl (C=O) groups is 1. The summed E-state index contributed by atoms with van der Waals surface area (Å²) in [6, 6.07) is 0. The van der Waals surface area contributed by atoms with E-state index in [4.69, 9.17) is 10.5 Å². The van der Waals surface area contributed by atoms with Crippen LogP contribution in [0.25, 0.3) is 0 Å². The molecule has 4 heteroatoms. The van der Waals surface area contributed by atoms with Crippen molar-refractivity contribution in [3.05, 3.63) is 0 Å². The van der Waals surface area contributed by atoms with Crippen LogP contribution >= 0.6 is 0 Å². The van der Waals surface area contributed by atoms with Crippen LogP contribution < -0.4 is 5.73 Å². The van der Waals surface area contributed by atoms with Crippen molar-refractivity contribution in [1.29, 1.82) is 0 Å². The third-order valence-corrected chi connectivity index (χ3v) is 3.64. The molecule has 4 nitrogen and oxygen atoms in total. The van der Waals surface area contributed by atoms with E-state index < -0.39 is 0 Å². The second-order valence-electron chi connectivity index (χ2n) is 4.92. The second kappa shape index (κ2) is 5.64. The third kappa shape index (κ3) is 2.95. The smallest absolute Gasteiger partial charge is 0.223 e. The van der Waals surface area contributed by atoms with Gasteiger partial charge in [0, 0.05) is 19.5 Å². The predicted molar refractivity (Wildman–Crippen MR) is 61.9 cm³/mol. The number of hydrogen-bond acceptors (Lipinski definition) is 3. The van der Waals surface area contributed by atoms with E-state index in [1.54, 1.807) is 0 Å². The Balaban J connectivity index is 1.64. The van der Waals surface area contributed by atoms with E-state index in [-0.39, 0.29) is 5.91 Å². The maximum atomic E-state index is 11.6. The summed E-state index contributed by atoms with van der Waals surface area (Å²) >= 11 is 0. The Labute approximate surface area is 97.1 Å². The summed E-state index contributed by atoms with van der Waals surface area (Å²) in [7, 11) is 0. The zero-order valence-electron chi connectivity index (χ0n) is 9.86. The Morgan fingerprint density at radius 2 is 2.12 bits per heavy atom. The lowest BCUT2D eigenvalue weighted by Crippen LogP contribution is -2.30. The van der Waals surface area contributed by atoms with Gasteiger partial charge < -0.3 is 15.4 Å². The first-order valence-corrected chi connectivity index (χ1v) is 6.39. The van der Waals surface area contributed by atoms with Crippen molar-refractivity contribution >= 4 is 5.91 Å². The monoisotopic (exact) mass is 226 g/mol. The second-order valence-corrected chi connectivity index (χ2v) is 4.92. The van der Waals surface area contributed by atoms with Crippen LogP contribution in [0.15, 0.2) is 0 Å². The van der Waals surface area contributed by atoms with Gasteiger partial charge in [-0.2, -0.15) is 0 Å². The summed E-state index contributed by atoms with van der Waals surface area (Å²) in [5, 5.41) is 0. The minimum Gasteiger partial charge on any atom is -0.376 e. The van der Waals surface area contributed by atoms with E-state index in [0.717, 1.165) is 13.1 Å². The van der Waals surface area contributed by atoms with Crippen LogP contribution in [0, 0.1) is 5.92 Å². The summed E-state index contributed by atoms with van der Waals surface area (Å²) in [5.74, 6) is 0.601. The molecular formula is C12H22N2O2. The molecule has 1 amide bonds. The highest BCUT2D eigenvalue weighted by Crippen LogP contribution is 2.21. The van der Waals surface area contributed by atoms with Gasteiger partial charge in [0.1, 0.15) is 0 Å². The lowest BCUT2D eigenvalue weighted by molar-refractivity contribution is -0.128. The number of amides is 1. The number of carbonyl (C=O) groups excluding carboxylic acids is 1. The molecule has 1 aliphatic carbocycles. The fourth-order valence-electron chi connectivity index (χ4n) is 2.61. The van der Waals surface area contributed by atoms with Crippen LogP contribution in [0.3, 0.4) is 0 Å². The topological polar surface area (TPSA) is 55.6 Å². The molecule has 1 saturated heterocycles. The first kappa shape index (κ1) is 11.9. The van der Waals surface area contributed by atoms with E-state index in [9.17, 15) is 4.79 Å². The molecule has 2 rings (SSSR count). The molecule has 16 heavy (non-hydrogen) atoms. The molecule has 1 heterocycles. The van der Waals surface area contributed by atoms with E-state index in [0.29, 0.717) is 31.6 Å². The Kier molecular flexibility index (Phi) is 4.18. The van der Waals surface area contributed by atoms with Crippen molar-refractivity contribution in [2.75, 3.05) is 26.2 Å². The summed E-state index contributed by atoms with van der Waals surface area (Å²) < 4.78 is 5.76. The molecule has 0 unspecified atom stereocenters. The highest BCUT2D eigenvalue weighted by Gasteiger charge is 2.28. The highest BCUT2D eigenvalue weighted by molar-refractivity contribution is 5.78. The lowest BCUT2D eigenvalue weighted by atomic mass is 10.1. The number of ether oxygens (including phenoxy) is 1. The van der Waals surface area contributed by atoms with Gasteiger partial charge >= 0.3 is 0 Å². The van der Waals surface area contributed by atoms with Crippen molar-refractivity contribution in [2.45, 2.75) is 38.2 Å².